The number of amides is 1. The molecule has 1 heterocycles. The Bertz CT molecular complexity index is 628. The van der Waals surface area contributed by atoms with Gasteiger partial charge in [-0.3, -0.25) is 4.79 Å². The van der Waals surface area contributed by atoms with Crippen LogP contribution < -0.4 is 5.32 Å². The molecule has 3 aliphatic rings. The van der Waals surface area contributed by atoms with Gasteiger partial charge >= 0.3 is 0 Å². The number of halogens is 1. The first-order valence-electron chi connectivity index (χ1n) is 8.93. The Morgan fingerprint density at radius 3 is 2.50 bits per heavy atom. The molecule has 0 aromatic heterocycles. The van der Waals surface area contributed by atoms with Gasteiger partial charge in [-0.1, -0.05) is 6.42 Å². The summed E-state index contributed by atoms with van der Waals surface area (Å²) in [5.74, 6) is 3.86. The number of rotatable bonds is 2. The third-order valence-electron chi connectivity index (χ3n) is 5.94. The number of carbonyl (C=O) groups excluding carboxylic acids is 1. The van der Waals surface area contributed by atoms with E-state index in [0.717, 1.165) is 24.1 Å². The SMILES string of the molecule is Cc1cc(F)ccc1NC(=O)C1CC2CCCC(C1)C21SCCS1. The molecule has 2 saturated carbocycles. The van der Waals surface area contributed by atoms with Crippen LogP contribution in [0.1, 0.15) is 37.7 Å². The number of benzene rings is 1. The highest BCUT2D eigenvalue weighted by Crippen LogP contribution is 2.64. The highest BCUT2D eigenvalue weighted by Gasteiger charge is 2.55. The molecule has 2 atom stereocenters. The van der Waals surface area contributed by atoms with Crippen molar-refractivity contribution in [2.75, 3.05) is 16.8 Å². The van der Waals surface area contributed by atoms with Crippen LogP contribution in [-0.4, -0.2) is 21.5 Å². The minimum absolute atomic E-state index is 0.108. The maximum absolute atomic E-state index is 13.2. The maximum atomic E-state index is 13.2. The summed E-state index contributed by atoms with van der Waals surface area (Å²) in [7, 11) is 0. The number of aryl methyl sites for hydroxylation is 1. The van der Waals surface area contributed by atoms with Crippen LogP contribution in [0, 0.1) is 30.5 Å². The zero-order valence-electron chi connectivity index (χ0n) is 14.0. The van der Waals surface area contributed by atoms with E-state index in [9.17, 15) is 9.18 Å². The molecule has 1 N–H and O–H groups in total. The smallest absolute Gasteiger partial charge is 0.227 e. The lowest BCUT2D eigenvalue weighted by Gasteiger charge is -2.52. The topological polar surface area (TPSA) is 29.1 Å². The van der Waals surface area contributed by atoms with E-state index in [1.807, 2.05) is 6.92 Å². The molecule has 2 bridgehead atoms. The third kappa shape index (κ3) is 2.88. The van der Waals surface area contributed by atoms with E-state index in [1.54, 1.807) is 6.07 Å². The molecule has 2 unspecified atom stereocenters. The molecule has 130 valence electrons. The summed E-state index contributed by atoms with van der Waals surface area (Å²) in [4.78, 5) is 12.8. The first kappa shape index (κ1) is 16.8. The lowest BCUT2D eigenvalue weighted by atomic mass is 9.67. The highest BCUT2D eigenvalue weighted by atomic mass is 32.2. The molecule has 2 aliphatic carbocycles. The van der Waals surface area contributed by atoms with Gasteiger partial charge in [-0.15, -0.1) is 23.5 Å². The third-order valence-corrected chi connectivity index (χ3v) is 9.95. The summed E-state index contributed by atoms with van der Waals surface area (Å²) in [5, 5.41) is 3.06. The van der Waals surface area contributed by atoms with Crippen LogP contribution in [0.15, 0.2) is 18.2 Å². The predicted molar refractivity (Wildman–Crippen MR) is 101 cm³/mol. The van der Waals surface area contributed by atoms with Crippen LogP contribution in [0.25, 0.3) is 0 Å². The molecule has 1 aromatic rings. The molecule has 1 spiro atoms. The van der Waals surface area contributed by atoms with Crippen molar-refractivity contribution in [2.24, 2.45) is 17.8 Å². The molecular formula is C19H24FNOS2. The van der Waals surface area contributed by atoms with Gasteiger partial charge in [-0.05, 0) is 68.2 Å². The quantitative estimate of drug-likeness (QED) is 0.793. The van der Waals surface area contributed by atoms with E-state index in [4.69, 9.17) is 0 Å². The van der Waals surface area contributed by atoms with Crippen LogP contribution in [-0.2, 0) is 4.79 Å². The number of anilines is 1. The molecule has 5 heteroatoms. The fourth-order valence-electron chi connectivity index (χ4n) is 4.83. The van der Waals surface area contributed by atoms with Crippen molar-refractivity contribution in [3.05, 3.63) is 29.6 Å². The second-order valence-corrected chi connectivity index (χ2v) is 10.4. The molecule has 3 fully saturated rings. The van der Waals surface area contributed by atoms with Crippen molar-refractivity contribution in [1.29, 1.82) is 0 Å². The van der Waals surface area contributed by atoms with Gasteiger partial charge in [0.15, 0.2) is 0 Å². The first-order valence-corrected chi connectivity index (χ1v) is 10.9. The average molecular weight is 366 g/mol. The summed E-state index contributed by atoms with van der Waals surface area (Å²) in [6, 6.07) is 4.57. The Balaban J connectivity index is 1.48. The van der Waals surface area contributed by atoms with Crippen LogP contribution in [0.4, 0.5) is 10.1 Å². The van der Waals surface area contributed by atoms with Gasteiger partial charge in [-0.25, -0.2) is 4.39 Å². The molecule has 4 rings (SSSR count). The van der Waals surface area contributed by atoms with Crippen LogP contribution in [0.3, 0.4) is 0 Å². The molecule has 1 aromatic carbocycles. The van der Waals surface area contributed by atoms with E-state index in [2.05, 4.69) is 28.8 Å². The van der Waals surface area contributed by atoms with Crippen LogP contribution in [0.2, 0.25) is 0 Å². The van der Waals surface area contributed by atoms with Crippen molar-refractivity contribution in [2.45, 2.75) is 43.1 Å². The number of thioether (sulfide) groups is 2. The second kappa shape index (κ2) is 6.56. The summed E-state index contributed by atoms with van der Waals surface area (Å²) < 4.78 is 13.7. The molecular weight excluding hydrogens is 341 g/mol. The minimum atomic E-state index is -0.255. The zero-order valence-corrected chi connectivity index (χ0v) is 15.6. The Morgan fingerprint density at radius 2 is 1.88 bits per heavy atom. The minimum Gasteiger partial charge on any atom is -0.326 e. The number of carbonyl (C=O) groups is 1. The lowest BCUT2D eigenvalue weighted by Crippen LogP contribution is -2.48. The standard InChI is InChI=1S/C19H24FNOS2/c1-12-9-16(20)5-6-17(12)21-18(22)13-10-14-3-2-4-15(11-13)19(14)23-7-8-24-19/h5-6,9,13-15H,2-4,7-8,10-11H2,1H3,(H,21,22). The van der Waals surface area contributed by atoms with Crippen LogP contribution >= 0.6 is 23.5 Å². The number of hydrogen-bond donors (Lipinski definition) is 1. The van der Waals surface area contributed by atoms with E-state index in [-0.39, 0.29) is 17.6 Å². The second-order valence-electron chi connectivity index (χ2n) is 7.36. The van der Waals surface area contributed by atoms with E-state index >= 15 is 0 Å². The van der Waals surface area contributed by atoms with Gasteiger partial charge in [-0.2, -0.15) is 0 Å². The Morgan fingerprint density at radius 1 is 1.21 bits per heavy atom. The predicted octanol–water partition coefficient (Wildman–Crippen LogP) is 5.08. The van der Waals surface area contributed by atoms with Crippen LogP contribution in [0.5, 0.6) is 0 Å². The largest absolute Gasteiger partial charge is 0.326 e. The Labute approximate surface area is 151 Å². The van der Waals surface area contributed by atoms with Gasteiger partial charge in [0.25, 0.3) is 0 Å². The van der Waals surface area contributed by atoms with Crippen molar-refractivity contribution in [3.63, 3.8) is 0 Å². The molecule has 0 radical (unpaired) electrons. The normalized spacial score (nSPS) is 31.2. The van der Waals surface area contributed by atoms with Gasteiger partial charge in [0.2, 0.25) is 5.91 Å². The number of nitrogens with one attached hydrogen (secondary N) is 1. The Kier molecular flexibility index (Phi) is 4.59. The molecule has 24 heavy (non-hydrogen) atoms. The van der Waals surface area contributed by atoms with E-state index < -0.39 is 0 Å². The van der Waals surface area contributed by atoms with Gasteiger partial charge < -0.3 is 5.32 Å². The number of hydrogen-bond acceptors (Lipinski definition) is 3. The molecule has 2 nitrogen and oxygen atoms in total. The molecule has 1 amide bonds. The van der Waals surface area contributed by atoms with Crippen molar-refractivity contribution >= 4 is 35.1 Å². The Hall–Kier alpha value is -0.680. The van der Waals surface area contributed by atoms with Crippen molar-refractivity contribution < 1.29 is 9.18 Å². The summed E-state index contributed by atoms with van der Waals surface area (Å²) in [5.41, 5.74) is 1.54. The summed E-state index contributed by atoms with van der Waals surface area (Å²) in [6.45, 7) is 1.84. The van der Waals surface area contributed by atoms with Crippen molar-refractivity contribution in [3.8, 4) is 0 Å². The van der Waals surface area contributed by atoms with Gasteiger partial charge in [0, 0.05) is 23.1 Å². The zero-order chi connectivity index (χ0) is 16.7. The van der Waals surface area contributed by atoms with Gasteiger partial charge in [0.1, 0.15) is 5.82 Å². The highest BCUT2D eigenvalue weighted by molar-refractivity contribution is 8.21. The van der Waals surface area contributed by atoms with Gasteiger partial charge in [0.05, 0.1) is 4.08 Å². The summed E-state index contributed by atoms with van der Waals surface area (Å²) in [6.07, 6.45) is 5.90. The molecule has 1 saturated heterocycles. The fraction of sp³-hybridized carbons (Fsp3) is 0.632. The average Bonchev–Trinajstić information content (AvgIpc) is 2.99. The fourth-order valence-corrected chi connectivity index (χ4v) is 8.76. The lowest BCUT2D eigenvalue weighted by molar-refractivity contribution is -0.122. The first-order chi connectivity index (χ1) is 11.6. The summed E-state index contributed by atoms with van der Waals surface area (Å²) >= 11 is 4.34. The maximum Gasteiger partial charge on any atom is 0.227 e. The molecule has 1 aliphatic heterocycles. The monoisotopic (exact) mass is 365 g/mol. The van der Waals surface area contributed by atoms with E-state index in [1.165, 1.54) is 42.9 Å². The van der Waals surface area contributed by atoms with E-state index in [0.29, 0.717) is 15.9 Å². The van der Waals surface area contributed by atoms with Crippen molar-refractivity contribution in [1.82, 2.24) is 0 Å².